The first kappa shape index (κ1) is 12.0. The Kier molecular flexibility index (Phi) is 3.11. The first-order valence-corrected chi connectivity index (χ1v) is 6.70. The van der Waals surface area contributed by atoms with Crippen LogP contribution in [0.3, 0.4) is 0 Å². The second-order valence-electron chi connectivity index (χ2n) is 4.78. The number of hydrogen-bond acceptors (Lipinski definition) is 5. The van der Waals surface area contributed by atoms with E-state index in [1.54, 1.807) is 0 Å². The van der Waals surface area contributed by atoms with Crippen LogP contribution in [-0.2, 0) is 6.42 Å². The number of aromatic nitrogens is 2. The van der Waals surface area contributed by atoms with Gasteiger partial charge in [0.2, 0.25) is 0 Å². The van der Waals surface area contributed by atoms with E-state index < -0.39 is 0 Å². The zero-order valence-electron chi connectivity index (χ0n) is 11.3. The number of nitrogens with zero attached hydrogens (tertiary/aromatic N) is 3. The molecule has 100 valence electrons. The van der Waals surface area contributed by atoms with Crippen molar-refractivity contribution in [3.8, 4) is 11.5 Å². The molecule has 1 aromatic carbocycles. The van der Waals surface area contributed by atoms with Crippen LogP contribution in [0.5, 0.6) is 0 Å². The van der Waals surface area contributed by atoms with Crippen molar-refractivity contribution in [2.24, 2.45) is 0 Å². The van der Waals surface area contributed by atoms with Crippen LogP contribution in [0.25, 0.3) is 11.5 Å². The third-order valence-corrected chi connectivity index (χ3v) is 3.56. The van der Waals surface area contributed by atoms with Crippen molar-refractivity contribution >= 4 is 11.6 Å². The first-order valence-electron chi connectivity index (χ1n) is 6.70. The minimum atomic E-state index is 0.607. The van der Waals surface area contributed by atoms with Crippen LogP contribution in [-0.4, -0.2) is 30.3 Å². The van der Waals surface area contributed by atoms with Crippen LogP contribution in [0.1, 0.15) is 18.9 Å². The molecule has 1 aromatic heterocycles. The number of rotatable bonds is 3. The SMILES string of the molecule is CCN(C)c1noc(-c2cccc3c2CCCN3)n1. The van der Waals surface area contributed by atoms with Gasteiger partial charge in [-0.3, -0.25) is 0 Å². The van der Waals surface area contributed by atoms with Gasteiger partial charge in [0.05, 0.1) is 0 Å². The minimum absolute atomic E-state index is 0.607. The molecule has 0 amide bonds. The molecule has 0 atom stereocenters. The van der Waals surface area contributed by atoms with E-state index in [4.69, 9.17) is 4.52 Å². The Balaban J connectivity index is 2.00. The number of fused-ring (bicyclic) bond motifs is 1. The van der Waals surface area contributed by atoms with Gasteiger partial charge in [0, 0.05) is 31.4 Å². The van der Waals surface area contributed by atoms with Crippen LogP contribution in [0.15, 0.2) is 22.7 Å². The molecule has 1 aliphatic heterocycles. The molecule has 5 nitrogen and oxygen atoms in total. The van der Waals surface area contributed by atoms with E-state index in [1.807, 2.05) is 18.0 Å². The van der Waals surface area contributed by atoms with E-state index in [2.05, 4.69) is 34.5 Å². The zero-order valence-corrected chi connectivity index (χ0v) is 11.3. The Morgan fingerprint density at radius 3 is 3.16 bits per heavy atom. The highest BCUT2D eigenvalue weighted by molar-refractivity contribution is 5.70. The zero-order chi connectivity index (χ0) is 13.2. The average Bonchev–Trinajstić information content (AvgIpc) is 2.95. The molecule has 0 bridgehead atoms. The summed E-state index contributed by atoms with van der Waals surface area (Å²) < 4.78 is 5.41. The molecule has 0 unspecified atom stereocenters. The molecule has 1 N–H and O–H groups in total. The monoisotopic (exact) mass is 258 g/mol. The molecule has 0 saturated carbocycles. The number of hydrogen-bond donors (Lipinski definition) is 1. The van der Waals surface area contributed by atoms with E-state index in [9.17, 15) is 0 Å². The number of anilines is 2. The summed E-state index contributed by atoms with van der Waals surface area (Å²) in [7, 11) is 1.96. The van der Waals surface area contributed by atoms with E-state index >= 15 is 0 Å². The van der Waals surface area contributed by atoms with Gasteiger partial charge in [-0.25, -0.2) is 0 Å². The Hall–Kier alpha value is -2.04. The van der Waals surface area contributed by atoms with Gasteiger partial charge in [-0.2, -0.15) is 4.98 Å². The smallest absolute Gasteiger partial charge is 0.266 e. The summed E-state index contributed by atoms with van der Waals surface area (Å²) in [5.74, 6) is 1.25. The average molecular weight is 258 g/mol. The molecule has 2 aromatic rings. The molecule has 5 heteroatoms. The van der Waals surface area contributed by atoms with Crippen molar-refractivity contribution in [1.29, 1.82) is 0 Å². The van der Waals surface area contributed by atoms with Gasteiger partial charge in [-0.1, -0.05) is 6.07 Å². The van der Waals surface area contributed by atoms with E-state index in [1.165, 1.54) is 11.3 Å². The lowest BCUT2D eigenvalue weighted by Gasteiger charge is -2.19. The first-order chi connectivity index (χ1) is 9.29. The summed E-state index contributed by atoms with van der Waals surface area (Å²) in [6.07, 6.45) is 2.19. The molecule has 1 aliphatic rings. The molecule has 0 aliphatic carbocycles. The minimum Gasteiger partial charge on any atom is -0.385 e. The van der Waals surface area contributed by atoms with Crippen molar-refractivity contribution in [1.82, 2.24) is 10.1 Å². The van der Waals surface area contributed by atoms with E-state index in [0.717, 1.165) is 31.5 Å². The fraction of sp³-hybridized carbons (Fsp3) is 0.429. The topological polar surface area (TPSA) is 54.2 Å². The van der Waals surface area contributed by atoms with Crippen molar-refractivity contribution in [2.75, 3.05) is 30.4 Å². The normalized spacial score (nSPS) is 13.8. The van der Waals surface area contributed by atoms with Crippen LogP contribution in [0.4, 0.5) is 11.6 Å². The summed E-state index contributed by atoms with van der Waals surface area (Å²) >= 11 is 0. The predicted octanol–water partition coefficient (Wildman–Crippen LogP) is 2.55. The summed E-state index contributed by atoms with van der Waals surface area (Å²) in [6, 6.07) is 6.18. The number of nitrogens with one attached hydrogen (secondary N) is 1. The van der Waals surface area contributed by atoms with Gasteiger partial charge in [-0.05, 0) is 42.6 Å². The van der Waals surface area contributed by atoms with Crippen LogP contribution < -0.4 is 10.2 Å². The molecule has 19 heavy (non-hydrogen) atoms. The maximum atomic E-state index is 5.41. The van der Waals surface area contributed by atoms with Crippen molar-refractivity contribution in [3.05, 3.63) is 23.8 Å². The van der Waals surface area contributed by atoms with Gasteiger partial charge in [-0.15, -0.1) is 0 Å². The van der Waals surface area contributed by atoms with Crippen molar-refractivity contribution in [3.63, 3.8) is 0 Å². The lowest BCUT2D eigenvalue weighted by atomic mass is 9.97. The van der Waals surface area contributed by atoms with Crippen molar-refractivity contribution in [2.45, 2.75) is 19.8 Å². The molecule has 0 saturated heterocycles. The standard InChI is InChI=1S/C14H18N4O/c1-3-18(2)14-16-13(19-17-14)11-6-4-8-12-10(11)7-5-9-15-12/h4,6,8,15H,3,5,7,9H2,1-2H3. The highest BCUT2D eigenvalue weighted by Crippen LogP contribution is 2.32. The molecular weight excluding hydrogens is 240 g/mol. The Bertz CT molecular complexity index is 579. The maximum absolute atomic E-state index is 5.41. The fourth-order valence-corrected chi connectivity index (χ4v) is 2.33. The maximum Gasteiger partial charge on any atom is 0.266 e. The molecule has 2 heterocycles. The summed E-state index contributed by atoms with van der Waals surface area (Å²) in [5.41, 5.74) is 3.52. The fourth-order valence-electron chi connectivity index (χ4n) is 2.33. The van der Waals surface area contributed by atoms with E-state index in [-0.39, 0.29) is 0 Å². The van der Waals surface area contributed by atoms with Crippen molar-refractivity contribution < 1.29 is 4.52 Å². The number of benzene rings is 1. The quantitative estimate of drug-likeness (QED) is 0.917. The summed E-state index contributed by atoms with van der Waals surface area (Å²) in [6.45, 7) is 3.95. The predicted molar refractivity (Wildman–Crippen MR) is 75.5 cm³/mol. The Morgan fingerprint density at radius 1 is 1.42 bits per heavy atom. The summed E-state index contributed by atoms with van der Waals surface area (Å²) in [4.78, 5) is 6.44. The van der Waals surface area contributed by atoms with Crippen LogP contribution >= 0.6 is 0 Å². The molecule has 3 rings (SSSR count). The van der Waals surface area contributed by atoms with Gasteiger partial charge in [0.25, 0.3) is 11.8 Å². The second kappa shape index (κ2) is 4.91. The van der Waals surface area contributed by atoms with E-state index in [0.29, 0.717) is 11.8 Å². The third-order valence-electron chi connectivity index (χ3n) is 3.56. The van der Waals surface area contributed by atoms with Gasteiger partial charge in [0.1, 0.15) is 0 Å². The lowest BCUT2D eigenvalue weighted by Crippen LogP contribution is -2.17. The molecule has 0 fully saturated rings. The Labute approximate surface area is 112 Å². The van der Waals surface area contributed by atoms with Gasteiger partial charge in [0.15, 0.2) is 0 Å². The van der Waals surface area contributed by atoms with Crippen LogP contribution in [0.2, 0.25) is 0 Å². The molecule has 0 radical (unpaired) electrons. The second-order valence-corrected chi connectivity index (χ2v) is 4.78. The van der Waals surface area contributed by atoms with Crippen LogP contribution in [0, 0.1) is 0 Å². The van der Waals surface area contributed by atoms with Gasteiger partial charge >= 0.3 is 0 Å². The molecule has 0 spiro atoms. The Morgan fingerprint density at radius 2 is 2.32 bits per heavy atom. The highest BCUT2D eigenvalue weighted by Gasteiger charge is 2.18. The third kappa shape index (κ3) is 2.16. The largest absolute Gasteiger partial charge is 0.385 e. The lowest BCUT2D eigenvalue weighted by molar-refractivity contribution is 0.430. The highest BCUT2D eigenvalue weighted by atomic mass is 16.5. The molecular formula is C14H18N4O. The van der Waals surface area contributed by atoms with Gasteiger partial charge < -0.3 is 14.7 Å². The summed E-state index contributed by atoms with van der Waals surface area (Å²) in [5, 5.41) is 7.44.